The van der Waals surface area contributed by atoms with Gasteiger partial charge in [0.2, 0.25) is 5.88 Å². The summed E-state index contributed by atoms with van der Waals surface area (Å²) in [5.41, 5.74) is 4.88. The first-order valence-corrected chi connectivity index (χ1v) is 12.4. The number of benzene rings is 1. The molecule has 0 bridgehead atoms. The molecule has 196 valence electrons. The predicted octanol–water partition coefficient (Wildman–Crippen LogP) is 4.63. The van der Waals surface area contributed by atoms with E-state index in [4.69, 9.17) is 4.74 Å². The molecule has 0 saturated heterocycles. The maximum Gasteiger partial charge on any atom is 0.283 e. The minimum Gasteiger partial charge on any atom is -0.476 e. The maximum absolute atomic E-state index is 15.5. The number of aromatic nitrogens is 1. The zero-order chi connectivity index (χ0) is 25.9. The molecule has 1 aromatic carbocycles. The summed E-state index contributed by atoms with van der Waals surface area (Å²) in [5, 5.41) is 12.4. The third-order valence-corrected chi connectivity index (χ3v) is 7.04. The summed E-state index contributed by atoms with van der Waals surface area (Å²) in [6, 6.07) is 6.88. The fraction of sp³-hybridized carbons (Fsp3) is 0.519. The summed E-state index contributed by atoms with van der Waals surface area (Å²) in [5.74, 6) is -3.68. The van der Waals surface area contributed by atoms with Gasteiger partial charge in [-0.05, 0) is 61.9 Å². The lowest BCUT2D eigenvalue weighted by atomic mass is 9.83. The van der Waals surface area contributed by atoms with Gasteiger partial charge in [0.1, 0.15) is 19.0 Å². The second-order valence-corrected chi connectivity index (χ2v) is 9.57. The van der Waals surface area contributed by atoms with Crippen molar-refractivity contribution in [1.29, 1.82) is 0 Å². The summed E-state index contributed by atoms with van der Waals surface area (Å²) in [4.78, 5) is 5.73. The molecule has 2 atom stereocenters. The van der Waals surface area contributed by atoms with Crippen LogP contribution in [0.4, 0.5) is 17.6 Å². The van der Waals surface area contributed by atoms with Crippen LogP contribution in [0.1, 0.15) is 48.1 Å². The van der Waals surface area contributed by atoms with Gasteiger partial charge in [0.05, 0.1) is 25.5 Å². The third kappa shape index (κ3) is 5.43. The van der Waals surface area contributed by atoms with Gasteiger partial charge in [0.25, 0.3) is 5.92 Å². The molecule has 2 aromatic rings. The number of aliphatic hydroxyl groups is 1. The normalized spacial score (nSPS) is 20.0. The van der Waals surface area contributed by atoms with E-state index < -0.39 is 37.6 Å². The fourth-order valence-electron chi connectivity index (χ4n) is 5.32. The number of fused-ring (bicyclic) bond motifs is 2. The number of aliphatic hydroxyl groups excluding tert-OH is 1. The van der Waals surface area contributed by atoms with Gasteiger partial charge in [-0.15, -0.1) is 0 Å². The first kappa shape index (κ1) is 26.6. The topological polar surface area (TPSA) is 57.6 Å². The molecule has 0 radical (unpaired) electrons. The lowest BCUT2D eigenvalue weighted by Crippen LogP contribution is -2.48. The molecule has 2 N–H and O–H groups in total. The molecule has 0 saturated carbocycles. The largest absolute Gasteiger partial charge is 0.476 e. The van der Waals surface area contributed by atoms with E-state index in [1.54, 1.807) is 11.8 Å². The van der Waals surface area contributed by atoms with Gasteiger partial charge in [0.15, 0.2) is 0 Å². The van der Waals surface area contributed by atoms with Crippen molar-refractivity contribution >= 4 is 5.57 Å². The quantitative estimate of drug-likeness (QED) is 0.343. The van der Waals surface area contributed by atoms with Crippen LogP contribution >= 0.6 is 0 Å². The van der Waals surface area contributed by atoms with E-state index in [0.29, 0.717) is 37.9 Å². The van der Waals surface area contributed by atoms with Gasteiger partial charge in [0, 0.05) is 23.7 Å². The number of rotatable bonds is 11. The highest BCUT2D eigenvalue weighted by atomic mass is 19.3. The van der Waals surface area contributed by atoms with Crippen LogP contribution in [-0.2, 0) is 6.42 Å². The standard InChI is InChI=1S/C27H33F4N3O2/c1-17-12-21-20-7-4-3-6-19(20)13-22(21)25(34(17)15-27(30,31)16-35)24-18(2)26(33-14-23(24)29)36-11-10-32-9-5-8-28/h3-4,6-7,14,17,25,32,35H,5,8-13,15-16H2,1-2H3/t17-,25+/m1/s1. The number of hydrogen-bond acceptors (Lipinski definition) is 5. The van der Waals surface area contributed by atoms with Crippen LogP contribution in [0.3, 0.4) is 0 Å². The molecule has 0 unspecified atom stereocenters. The summed E-state index contributed by atoms with van der Waals surface area (Å²) in [6.45, 7) is 2.41. The molecule has 0 amide bonds. The number of nitrogens with one attached hydrogen (secondary N) is 1. The van der Waals surface area contributed by atoms with Crippen molar-refractivity contribution in [1.82, 2.24) is 15.2 Å². The SMILES string of the molecule is Cc1c(OCCNCCCF)ncc(F)c1[C@@H]1C2=C(C[C@@H](C)N1CC(F)(F)CO)c1ccccc1C2. The first-order valence-electron chi connectivity index (χ1n) is 12.4. The Kier molecular flexibility index (Phi) is 8.32. The Balaban J connectivity index is 1.71. The Morgan fingerprint density at radius 2 is 2.03 bits per heavy atom. The van der Waals surface area contributed by atoms with Crippen LogP contribution in [0, 0.1) is 12.7 Å². The van der Waals surface area contributed by atoms with Crippen LogP contribution in [-0.4, -0.2) is 66.5 Å². The molecule has 1 aliphatic heterocycles. The summed E-state index contributed by atoms with van der Waals surface area (Å²) >= 11 is 0. The van der Waals surface area contributed by atoms with Crippen LogP contribution in [0.2, 0.25) is 0 Å². The molecule has 0 spiro atoms. The molecular formula is C27H33F4N3O2. The first-order chi connectivity index (χ1) is 17.3. The Hall–Kier alpha value is -2.49. The monoisotopic (exact) mass is 507 g/mol. The second-order valence-electron chi connectivity index (χ2n) is 9.57. The van der Waals surface area contributed by atoms with Gasteiger partial charge in [-0.2, -0.15) is 0 Å². The molecule has 4 rings (SSSR count). The Bertz CT molecular complexity index is 1110. The van der Waals surface area contributed by atoms with Crippen molar-refractivity contribution in [2.45, 2.75) is 51.1 Å². The van der Waals surface area contributed by atoms with Crippen molar-refractivity contribution in [3.8, 4) is 5.88 Å². The van der Waals surface area contributed by atoms with Gasteiger partial charge in [-0.1, -0.05) is 24.3 Å². The Morgan fingerprint density at radius 1 is 1.25 bits per heavy atom. The lowest BCUT2D eigenvalue weighted by Gasteiger charge is -2.44. The van der Waals surface area contributed by atoms with Crippen molar-refractivity contribution in [3.05, 3.63) is 64.1 Å². The number of ether oxygens (including phenoxy) is 1. The number of hydrogen-bond donors (Lipinski definition) is 2. The highest BCUT2D eigenvalue weighted by molar-refractivity contribution is 5.79. The fourth-order valence-corrected chi connectivity index (χ4v) is 5.32. The van der Waals surface area contributed by atoms with E-state index in [9.17, 15) is 18.3 Å². The zero-order valence-corrected chi connectivity index (χ0v) is 20.7. The van der Waals surface area contributed by atoms with Crippen molar-refractivity contribution in [2.75, 3.05) is 39.5 Å². The maximum atomic E-state index is 15.5. The van der Waals surface area contributed by atoms with Crippen LogP contribution in [0.15, 0.2) is 36.0 Å². The van der Waals surface area contributed by atoms with Crippen molar-refractivity contribution < 1.29 is 27.4 Å². The highest BCUT2D eigenvalue weighted by Crippen LogP contribution is 2.50. The van der Waals surface area contributed by atoms with Crippen LogP contribution < -0.4 is 10.1 Å². The van der Waals surface area contributed by atoms with E-state index in [1.165, 1.54) is 0 Å². The minimum absolute atomic E-state index is 0.239. The zero-order valence-electron chi connectivity index (χ0n) is 20.7. The molecule has 9 heteroatoms. The number of nitrogens with zero attached hydrogens (tertiary/aromatic N) is 2. The lowest BCUT2D eigenvalue weighted by molar-refractivity contribution is -0.0860. The smallest absolute Gasteiger partial charge is 0.283 e. The molecule has 36 heavy (non-hydrogen) atoms. The van der Waals surface area contributed by atoms with E-state index in [2.05, 4.69) is 10.3 Å². The van der Waals surface area contributed by atoms with Crippen molar-refractivity contribution in [2.24, 2.45) is 0 Å². The third-order valence-electron chi connectivity index (χ3n) is 7.04. The van der Waals surface area contributed by atoms with E-state index in [-0.39, 0.29) is 24.1 Å². The predicted molar refractivity (Wildman–Crippen MR) is 131 cm³/mol. The molecule has 1 aliphatic carbocycles. The molecule has 2 heterocycles. The van der Waals surface area contributed by atoms with Crippen LogP contribution in [0.5, 0.6) is 5.88 Å². The van der Waals surface area contributed by atoms with E-state index in [0.717, 1.165) is 28.5 Å². The van der Waals surface area contributed by atoms with Crippen LogP contribution in [0.25, 0.3) is 5.57 Å². The Labute approximate surface area is 209 Å². The van der Waals surface area contributed by atoms with Gasteiger partial charge in [-0.25, -0.2) is 18.2 Å². The van der Waals surface area contributed by atoms with E-state index in [1.807, 2.05) is 31.2 Å². The average molecular weight is 508 g/mol. The number of alkyl halides is 3. The second kappa shape index (κ2) is 11.3. The van der Waals surface area contributed by atoms with Gasteiger partial charge < -0.3 is 15.2 Å². The summed E-state index contributed by atoms with van der Waals surface area (Å²) in [6.07, 6.45) is 2.59. The number of pyridine rings is 1. The minimum atomic E-state index is -3.34. The molecule has 1 aromatic heterocycles. The van der Waals surface area contributed by atoms with Gasteiger partial charge >= 0.3 is 0 Å². The molecule has 0 fully saturated rings. The molecule has 5 nitrogen and oxygen atoms in total. The molecular weight excluding hydrogens is 474 g/mol. The number of halogens is 4. The van der Waals surface area contributed by atoms with Crippen molar-refractivity contribution in [3.63, 3.8) is 0 Å². The highest BCUT2D eigenvalue weighted by Gasteiger charge is 2.44. The Morgan fingerprint density at radius 3 is 2.78 bits per heavy atom. The van der Waals surface area contributed by atoms with Gasteiger partial charge in [-0.3, -0.25) is 9.29 Å². The molecule has 2 aliphatic rings. The van der Waals surface area contributed by atoms with E-state index >= 15 is 4.39 Å². The summed E-state index contributed by atoms with van der Waals surface area (Å²) in [7, 11) is 0. The summed E-state index contributed by atoms with van der Waals surface area (Å²) < 4.78 is 62.6. The average Bonchev–Trinajstić information content (AvgIpc) is 3.22.